The van der Waals surface area contributed by atoms with Crippen LogP contribution in [0.25, 0.3) is 0 Å². The predicted molar refractivity (Wildman–Crippen MR) is 147 cm³/mol. The van der Waals surface area contributed by atoms with E-state index in [0.717, 1.165) is 11.6 Å². The minimum absolute atomic E-state index is 0.155. The van der Waals surface area contributed by atoms with Crippen molar-refractivity contribution in [2.75, 3.05) is 7.11 Å². The zero-order chi connectivity index (χ0) is 30.4. The highest BCUT2D eigenvalue weighted by molar-refractivity contribution is 5.93. The molecule has 0 spiro atoms. The van der Waals surface area contributed by atoms with Crippen LogP contribution in [-0.4, -0.2) is 86.4 Å². The number of carbonyl (C=O) groups excluding carboxylic acids is 1. The van der Waals surface area contributed by atoms with Crippen LogP contribution in [0.1, 0.15) is 80.8 Å². The maximum atomic E-state index is 12.5. The van der Waals surface area contributed by atoms with Gasteiger partial charge in [0, 0.05) is 31.4 Å². The Bertz CT molecular complexity index is 1060. The summed E-state index contributed by atoms with van der Waals surface area (Å²) in [4.78, 5) is 24.2. The van der Waals surface area contributed by atoms with Gasteiger partial charge in [-0.15, -0.1) is 6.58 Å². The molecule has 0 bridgehead atoms. The molecule has 0 saturated carbocycles. The van der Waals surface area contributed by atoms with E-state index in [2.05, 4.69) is 11.9 Å². The number of aliphatic hydroxyl groups excluding tert-OH is 3. The number of rotatable bonds is 14. The van der Waals surface area contributed by atoms with Crippen molar-refractivity contribution in [3.05, 3.63) is 34.9 Å². The van der Waals surface area contributed by atoms with E-state index in [1.165, 1.54) is 7.11 Å². The van der Waals surface area contributed by atoms with Gasteiger partial charge in [0.25, 0.3) is 5.91 Å². The molecule has 1 aromatic rings. The normalized spacial score (nSPS) is 22.8. The standard InChI is InChI=1S/C29H45NO10/c1-15(2)10-11-19(32)26(36)30-27(39-6)22-14-23(35)29(4,5)24(40-22)12-17(31)8-7-9-18-16(3)20(33)13-21(34)25(18)28(37)38/h13,17,19,22-24,27,31-35H,1,7-12,14H2,2-6H3,(H,30,36)(H,37,38)/t17-,19?,22+,23?,24-,27?/m1/s1. The molecule has 0 aliphatic carbocycles. The number of hydrogen-bond acceptors (Lipinski definition) is 9. The number of carboxylic acid groups (broad SMARTS) is 1. The van der Waals surface area contributed by atoms with Crippen molar-refractivity contribution in [3.8, 4) is 11.5 Å². The van der Waals surface area contributed by atoms with Gasteiger partial charge in [-0.05, 0) is 57.1 Å². The highest BCUT2D eigenvalue weighted by Gasteiger charge is 2.47. The Balaban J connectivity index is 2.05. The summed E-state index contributed by atoms with van der Waals surface area (Å²) < 4.78 is 11.7. The lowest BCUT2D eigenvalue weighted by Crippen LogP contribution is -2.58. The Hall–Kier alpha value is -2.70. The molecular weight excluding hydrogens is 522 g/mol. The van der Waals surface area contributed by atoms with Crippen LogP contribution in [0.3, 0.4) is 0 Å². The Labute approximate surface area is 235 Å². The average Bonchev–Trinajstić information content (AvgIpc) is 2.86. The highest BCUT2D eigenvalue weighted by Crippen LogP contribution is 2.40. The topological polar surface area (TPSA) is 186 Å². The SMILES string of the molecule is C=C(C)CCC(O)C(=O)NC(OC)[C@@H]1CC(O)C(C)(C)[C@@H](C[C@H](O)CCCc2c(C)c(O)cc(O)c2C(=O)O)O1. The second-order valence-corrected chi connectivity index (χ2v) is 11.4. The van der Waals surface area contributed by atoms with E-state index in [4.69, 9.17) is 9.47 Å². The van der Waals surface area contributed by atoms with Gasteiger partial charge in [0.05, 0.1) is 18.3 Å². The molecule has 6 atom stereocenters. The van der Waals surface area contributed by atoms with Gasteiger partial charge in [0.2, 0.25) is 0 Å². The number of allylic oxidation sites excluding steroid dienone is 1. The van der Waals surface area contributed by atoms with Crippen LogP contribution < -0.4 is 5.32 Å². The second kappa shape index (κ2) is 14.3. The van der Waals surface area contributed by atoms with Gasteiger partial charge in [-0.2, -0.15) is 0 Å². The molecule has 3 unspecified atom stereocenters. The number of aromatic hydroxyl groups is 2. The lowest BCUT2D eigenvalue weighted by Gasteiger charge is -2.47. The zero-order valence-corrected chi connectivity index (χ0v) is 24.0. The van der Waals surface area contributed by atoms with E-state index in [0.29, 0.717) is 24.0 Å². The molecule has 7 N–H and O–H groups in total. The Morgan fingerprint density at radius 1 is 1.23 bits per heavy atom. The molecule has 226 valence electrons. The molecule has 11 nitrogen and oxygen atoms in total. The molecule has 1 aromatic carbocycles. The summed E-state index contributed by atoms with van der Waals surface area (Å²) in [5, 5.41) is 64.1. The number of nitrogens with one attached hydrogen (secondary N) is 1. The smallest absolute Gasteiger partial charge is 0.339 e. The summed E-state index contributed by atoms with van der Waals surface area (Å²) in [6.45, 7) is 10.8. The largest absolute Gasteiger partial charge is 0.508 e. The quantitative estimate of drug-likeness (QED) is 0.130. The fourth-order valence-corrected chi connectivity index (χ4v) is 5.03. The number of methoxy groups -OCH3 is 1. The molecule has 1 fully saturated rings. The zero-order valence-electron chi connectivity index (χ0n) is 24.0. The van der Waals surface area contributed by atoms with Crippen molar-refractivity contribution < 1.29 is 49.7 Å². The molecule has 0 aromatic heterocycles. The van der Waals surface area contributed by atoms with Crippen LogP contribution >= 0.6 is 0 Å². The number of amides is 1. The second-order valence-electron chi connectivity index (χ2n) is 11.4. The average molecular weight is 568 g/mol. The number of hydrogen-bond donors (Lipinski definition) is 7. The number of ether oxygens (including phenoxy) is 2. The molecule has 1 aliphatic heterocycles. The van der Waals surface area contributed by atoms with E-state index in [-0.39, 0.29) is 43.4 Å². The first-order valence-corrected chi connectivity index (χ1v) is 13.5. The number of benzene rings is 1. The molecule has 1 saturated heterocycles. The first kappa shape index (κ1) is 33.5. The summed E-state index contributed by atoms with van der Waals surface area (Å²) >= 11 is 0. The van der Waals surface area contributed by atoms with Gasteiger partial charge in [-0.1, -0.05) is 19.4 Å². The minimum Gasteiger partial charge on any atom is -0.508 e. The van der Waals surface area contributed by atoms with E-state index in [1.54, 1.807) is 6.92 Å². The van der Waals surface area contributed by atoms with Crippen LogP contribution in [0.5, 0.6) is 11.5 Å². The molecule has 1 aliphatic rings. The molecule has 2 rings (SSSR count). The number of carbonyl (C=O) groups is 2. The summed E-state index contributed by atoms with van der Waals surface area (Å²) in [6, 6.07) is 1.000. The number of carboxylic acids is 1. The lowest BCUT2D eigenvalue weighted by atomic mass is 9.74. The van der Waals surface area contributed by atoms with E-state index < -0.39 is 59.8 Å². The summed E-state index contributed by atoms with van der Waals surface area (Å²) in [5.41, 5.74) is 0.487. The lowest BCUT2D eigenvalue weighted by molar-refractivity contribution is -0.214. The number of phenols is 2. The van der Waals surface area contributed by atoms with Crippen LogP contribution in [0.2, 0.25) is 0 Å². The third kappa shape index (κ3) is 8.40. The number of phenolic OH excluding ortho intramolecular Hbond substituents is 1. The predicted octanol–water partition coefficient (Wildman–Crippen LogP) is 2.53. The Morgan fingerprint density at radius 2 is 1.88 bits per heavy atom. The first-order valence-electron chi connectivity index (χ1n) is 13.5. The van der Waals surface area contributed by atoms with E-state index in [9.17, 15) is 40.2 Å². The first-order chi connectivity index (χ1) is 18.6. The third-order valence-electron chi connectivity index (χ3n) is 7.84. The monoisotopic (exact) mass is 567 g/mol. The van der Waals surface area contributed by atoms with Gasteiger partial charge >= 0.3 is 5.97 Å². The maximum absolute atomic E-state index is 12.5. The molecule has 1 heterocycles. The van der Waals surface area contributed by atoms with Gasteiger partial charge in [0.15, 0.2) is 6.23 Å². The minimum atomic E-state index is -1.31. The van der Waals surface area contributed by atoms with Crippen molar-refractivity contribution in [2.24, 2.45) is 5.41 Å². The molecule has 0 radical (unpaired) electrons. The Kier molecular flexibility index (Phi) is 12.0. The van der Waals surface area contributed by atoms with Crippen molar-refractivity contribution in [1.82, 2.24) is 5.32 Å². The molecule has 40 heavy (non-hydrogen) atoms. The number of aliphatic hydroxyl groups is 3. The van der Waals surface area contributed by atoms with Crippen molar-refractivity contribution >= 4 is 11.9 Å². The van der Waals surface area contributed by atoms with Gasteiger partial charge in [-0.25, -0.2) is 4.79 Å². The van der Waals surface area contributed by atoms with Crippen LogP contribution in [0.4, 0.5) is 0 Å². The van der Waals surface area contributed by atoms with Crippen LogP contribution in [-0.2, 0) is 20.7 Å². The van der Waals surface area contributed by atoms with Gasteiger partial charge in [0.1, 0.15) is 29.3 Å². The summed E-state index contributed by atoms with van der Waals surface area (Å²) in [7, 11) is 1.39. The van der Waals surface area contributed by atoms with Crippen molar-refractivity contribution in [3.63, 3.8) is 0 Å². The molecule has 11 heteroatoms. The fourth-order valence-electron chi connectivity index (χ4n) is 5.03. The summed E-state index contributed by atoms with van der Waals surface area (Å²) in [5.74, 6) is -2.66. The Morgan fingerprint density at radius 3 is 2.45 bits per heavy atom. The number of aromatic carboxylic acids is 1. The molecular formula is C29H45NO10. The maximum Gasteiger partial charge on any atom is 0.339 e. The van der Waals surface area contributed by atoms with E-state index in [1.807, 2.05) is 20.8 Å². The fraction of sp³-hybridized carbons (Fsp3) is 0.655. The van der Waals surface area contributed by atoms with Gasteiger partial charge in [-0.3, -0.25) is 4.79 Å². The van der Waals surface area contributed by atoms with E-state index >= 15 is 0 Å². The van der Waals surface area contributed by atoms with Gasteiger partial charge < -0.3 is 45.4 Å². The highest BCUT2D eigenvalue weighted by atomic mass is 16.6. The molecule has 1 amide bonds. The van der Waals surface area contributed by atoms with Crippen molar-refractivity contribution in [2.45, 2.75) is 109 Å². The third-order valence-corrected chi connectivity index (χ3v) is 7.84. The summed E-state index contributed by atoms with van der Waals surface area (Å²) in [6.07, 6.45) is -3.38. The van der Waals surface area contributed by atoms with Crippen LogP contribution in [0.15, 0.2) is 18.2 Å². The van der Waals surface area contributed by atoms with Crippen molar-refractivity contribution in [1.29, 1.82) is 0 Å². The van der Waals surface area contributed by atoms with Crippen LogP contribution in [0, 0.1) is 12.3 Å².